The monoisotopic (exact) mass is 423 g/mol. The van der Waals surface area contributed by atoms with Gasteiger partial charge in [0.15, 0.2) is 11.5 Å². The molecule has 8 nitrogen and oxygen atoms in total. The van der Waals surface area contributed by atoms with Crippen molar-refractivity contribution in [1.29, 1.82) is 0 Å². The molecule has 0 aliphatic carbocycles. The Morgan fingerprint density at radius 2 is 1.77 bits per heavy atom. The van der Waals surface area contributed by atoms with Gasteiger partial charge in [-0.05, 0) is 43.2 Å². The zero-order valence-corrected chi connectivity index (χ0v) is 17.4. The number of ether oxygens (including phenoxy) is 1. The molecule has 30 heavy (non-hydrogen) atoms. The van der Waals surface area contributed by atoms with E-state index < -0.39 is 10.0 Å². The maximum Gasteiger partial charge on any atom is 0.240 e. The van der Waals surface area contributed by atoms with Crippen molar-refractivity contribution in [3.05, 3.63) is 71.8 Å². The molecule has 0 aliphatic rings. The molecule has 1 N–H and O–H groups in total. The van der Waals surface area contributed by atoms with Gasteiger partial charge < -0.3 is 4.74 Å². The van der Waals surface area contributed by atoms with Crippen LogP contribution in [0.5, 0.6) is 5.88 Å². The van der Waals surface area contributed by atoms with Gasteiger partial charge in [-0.1, -0.05) is 36.4 Å². The number of rotatable bonds is 7. The molecule has 0 saturated carbocycles. The van der Waals surface area contributed by atoms with Gasteiger partial charge in [-0.2, -0.15) is 4.52 Å². The fourth-order valence-electron chi connectivity index (χ4n) is 2.91. The van der Waals surface area contributed by atoms with Gasteiger partial charge in [0.2, 0.25) is 15.9 Å². The second kappa shape index (κ2) is 8.21. The van der Waals surface area contributed by atoms with Crippen LogP contribution in [0.25, 0.3) is 17.0 Å². The average molecular weight is 423 g/mol. The second-order valence-corrected chi connectivity index (χ2v) is 8.59. The van der Waals surface area contributed by atoms with Crippen LogP contribution in [0.4, 0.5) is 0 Å². The molecule has 0 atom stereocenters. The molecule has 0 bridgehead atoms. The molecule has 2 heterocycles. The Balaban J connectivity index is 1.42. The smallest absolute Gasteiger partial charge is 0.240 e. The summed E-state index contributed by atoms with van der Waals surface area (Å²) < 4.78 is 34.7. The Hall–Kier alpha value is -3.30. The van der Waals surface area contributed by atoms with Crippen LogP contribution < -0.4 is 9.46 Å². The summed E-state index contributed by atoms with van der Waals surface area (Å²) in [4.78, 5) is 0.238. The minimum Gasteiger partial charge on any atom is -0.475 e. The number of benzene rings is 2. The van der Waals surface area contributed by atoms with Crippen LogP contribution >= 0.6 is 0 Å². The number of hydrogen-bond donors (Lipinski definition) is 1. The van der Waals surface area contributed by atoms with Gasteiger partial charge in [0, 0.05) is 18.2 Å². The van der Waals surface area contributed by atoms with Crippen LogP contribution in [-0.4, -0.2) is 41.4 Å². The van der Waals surface area contributed by atoms with Crippen molar-refractivity contribution < 1.29 is 13.2 Å². The Labute approximate surface area is 174 Å². The third-order valence-corrected chi connectivity index (χ3v) is 6.16. The van der Waals surface area contributed by atoms with Gasteiger partial charge in [0.05, 0.1) is 4.90 Å². The Bertz CT molecular complexity index is 1290. The number of aryl methyl sites for hydroxylation is 2. The summed E-state index contributed by atoms with van der Waals surface area (Å²) in [5, 5.41) is 12.7. The number of aromatic nitrogens is 4. The first kappa shape index (κ1) is 20.0. The Kier molecular flexibility index (Phi) is 5.47. The van der Waals surface area contributed by atoms with Gasteiger partial charge in [-0.25, -0.2) is 13.1 Å². The van der Waals surface area contributed by atoms with Crippen molar-refractivity contribution in [2.24, 2.45) is 0 Å². The van der Waals surface area contributed by atoms with Crippen molar-refractivity contribution in [1.82, 2.24) is 24.5 Å². The van der Waals surface area contributed by atoms with Gasteiger partial charge in [-0.3, -0.25) is 0 Å². The zero-order chi connectivity index (χ0) is 21.1. The molecule has 0 fully saturated rings. The number of nitrogens with zero attached hydrogens (tertiary/aromatic N) is 4. The van der Waals surface area contributed by atoms with Crippen molar-refractivity contribution >= 4 is 15.7 Å². The van der Waals surface area contributed by atoms with E-state index in [2.05, 4.69) is 20.0 Å². The lowest BCUT2D eigenvalue weighted by atomic mass is 10.1. The fourth-order valence-corrected chi connectivity index (χ4v) is 4.01. The first-order valence-electron chi connectivity index (χ1n) is 9.42. The second-order valence-electron chi connectivity index (χ2n) is 6.82. The van der Waals surface area contributed by atoms with Crippen LogP contribution in [0.2, 0.25) is 0 Å². The van der Waals surface area contributed by atoms with Crippen LogP contribution in [0.1, 0.15) is 11.1 Å². The van der Waals surface area contributed by atoms with Gasteiger partial charge in [-0.15, -0.1) is 15.3 Å². The lowest BCUT2D eigenvalue weighted by molar-refractivity contribution is 0.306. The molecule has 0 unspecified atom stereocenters. The van der Waals surface area contributed by atoms with Gasteiger partial charge in [0.25, 0.3) is 0 Å². The van der Waals surface area contributed by atoms with E-state index in [4.69, 9.17) is 4.74 Å². The highest BCUT2D eigenvalue weighted by atomic mass is 32.2. The Morgan fingerprint density at radius 1 is 0.967 bits per heavy atom. The molecule has 0 aliphatic heterocycles. The first-order chi connectivity index (χ1) is 14.4. The molecule has 9 heteroatoms. The molecule has 2 aromatic heterocycles. The van der Waals surface area contributed by atoms with E-state index in [9.17, 15) is 8.42 Å². The maximum absolute atomic E-state index is 12.4. The quantitative estimate of drug-likeness (QED) is 0.459. The lowest BCUT2D eigenvalue weighted by Crippen LogP contribution is -2.28. The minimum atomic E-state index is -3.60. The summed E-state index contributed by atoms with van der Waals surface area (Å²) in [6, 6.07) is 18.1. The highest BCUT2D eigenvalue weighted by Gasteiger charge is 2.14. The number of hydrogen-bond acceptors (Lipinski definition) is 6. The number of fused-ring (bicyclic) bond motifs is 1. The first-order valence-corrected chi connectivity index (χ1v) is 10.9. The van der Waals surface area contributed by atoms with Crippen LogP contribution in [0.3, 0.4) is 0 Å². The van der Waals surface area contributed by atoms with E-state index in [1.165, 1.54) is 0 Å². The van der Waals surface area contributed by atoms with Crippen molar-refractivity contribution in [3.8, 4) is 17.3 Å². The van der Waals surface area contributed by atoms with Gasteiger partial charge >= 0.3 is 0 Å². The topological polar surface area (TPSA) is 98.5 Å². The lowest BCUT2D eigenvalue weighted by Gasteiger charge is -2.09. The summed E-state index contributed by atoms with van der Waals surface area (Å²) in [5.74, 6) is 0.955. The maximum atomic E-state index is 12.4. The van der Waals surface area contributed by atoms with Crippen molar-refractivity contribution in [2.75, 3.05) is 13.2 Å². The van der Waals surface area contributed by atoms with Crippen LogP contribution in [0, 0.1) is 13.8 Å². The van der Waals surface area contributed by atoms with Crippen LogP contribution in [-0.2, 0) is 10.0 Å². The van der Waals surface area contributed by atoms with E-state index in [1.54, 1.807) is 34.8 Å². The third kappa shape index (κ3) is 4.17. The summed E-state index contributed by atoms with van der Waals surface area (Å²) in [7, 11) is -3.60. The molecule has 4 rings (SSSR count). The molecule has 0 amide bonds. The molecule has 154 valence electrons. The van der Waals surface area contributed by atoms with Crippen LogP contribution in [0.15, 0.2) is 65.6 Å². The molecule has 0 radical (unpaired) electrons. The van der Waals surface area contributed by atoms with E-state index in [0.29, 0.717) is 17.4 Å². The van der Waals surface area contributed by atoms with Gasteiger partial charge in [0.1, 0.15) is 6.61 Å². The van der Waals surface area contributed by atoms with Crippen molar-refractivity contribution in [3.63, 3.8) is 0 Å². The van der Waals surface area contributed by atoms with Crippen molar-refractivity contribution in [2.45, 2.75) is 18.7 Å². The van der Waals surface area contributed by atoms with E-state index >= 15 is 0 Å². The number of sulfonamides is 1. The number of nitrogens with one attached hydrogen (secondary N) is 1. The molecular formula is C21H21N5O3S. The third-order valence-electron chi connectivity index (χ3n) is 4.70. The normalized spacial score (nSPS) is 11.7. The summed E-state index contributed by atoms with van der Waals surface area (Å²) in [6.45, 7) is 4.07. The predicted molar refractivity (Wildman–Crippen MR) is 113 cm³/mol. The largest absolute Gasteiger partial charge is 0.475 e. The summed E-state index contributed by atoms with van der Waals surface area (Å²) >= 11 is 0. The van der Waals surface area contributed by atoms with E-state index in [0.717, 1.165) is 16.7 Å². The average Bonchev–Trinajstić information content (AvgIpc) is 3.17. The molecular weight excluding hydrogens is 402 g/mol. The highest BCUT2D eigenvalue weighted by molar-refractivity contribution is 7.89. The standard InChI is InChI=1S/C21H21N5O3S/c1-15-8-9-18(14-16(15)2)30(27,28)22-12-13-29-20-11-10-19-23-24-21(26(19)25-20)17-6-4-3-5-7-17/h3-11,14,22H,12-13H2,1-2H3. The van der Waals surface area contributed by atoms with E-state index in [1.807, 2.05) is 44.2 Å². The molecule has 4 aromatic rings. The molecule has 0 saturated heterocycles. The van der Waals surface area contributed by atoms with E-state index in [-0.39, 0.29) is 18.0 Å². The summed E-state index contributed by atoms with van der Waals surface area (Å²) in [6.07, 6.45) is 0. The SMILES string of the molecule is Cc1ccc(S(=O)(=O)NCCOc2ccc3nnc(-c4ccccc4)n3n2)cc1C. The molecule has 0 spiro atoms. The minimum absolute atomic E-state index is 0.114. The Morgan fingerprint density at radius 3 is 2.53 bits per heavy atom. The highest BCUT2D eigenvalue weighted by Crippen LogP contribution is 2.18. The zero-order valence-electron chi connectivity index (χ0n) is 16.6. The fraction of sp³-hybridized carbons (Fsp3) is 0.190. The summed E-state index contributed by atoms with van der Waals surface area (Å²) in [5.41, 5.74) is 3.45. The molecule has 2 aromatic carbocycles. The predicted octanol–water partition coefficient (Wildman–Crippen LogP) is 2.77.